The van der Waals surface area contributed by atoms with Gasteiger partial charge in [-0.3, -0.25) is 4.79 Å². The zero-order chi connectivity index (χ0) is 19.9. The first-order valence-electron chi connectivity index (χ1n) is 9.52. The molecule has 0 aliphatic rings. The van der Waals surface area contributed by atoms with E-state index in [2.05, 4.69) is 17.4 Å². The number of benzene rings is 4. The summed E-state index contributed by atoms with van der Waals surface area (Å²) in [6.07, 6.45) is 0. The van der Waals surface area contributed by atoms with E-state index in [0.717, 1.165) is 27.9 Å². The Balaban J connectivity index is 1.39. The Bertz CT molecular complexity index is 1070. The lowest BCUT2D eigenvalue weighted by molar-refractivity contribution is -0.118. The number of hydrogen-bond acceptors (Lipinski definition) is 2. The predicted octanol–water partition coefficient (Wildman–Crippen LogP) is 6.04. The Morgan fingerprint density at radius 2 is 1.17 bits per heavy atom. The minimum atomic E-state index is -0.194. The van der Waals surface area contributed by atoms with Gasteiger partial charge in [0.15, 0.2) is 6.61 Å². The summed E-state index contributed by atoms with van der Waals surface area (Å²) in [7, 11) is 0. The monoisotopic (exact) mass is 379 g/mol. The number of nitrogens with one attached hydrogen (secondary N) is 1. The Morgan fingerprint density at radius 1 is 0.621 bits per heavy atom. The van der Waals surface area contributed by atoms with Crippen LogP contribution in [0.25, 0.3) is 22.3 Å². The summed E-state index contributed by atoms with van der Waals surface area (Å²) in [5.41, 5.74) is 5.02. The molecule has 29 heavy (non-hydrogen) atoms. The van der Waals surface area contributed by atoms with Crippen LogP contribution in [-0.2, 0) is 4.79 Å². The highest BCUT2D eigenvalue weighted by atomic mass is 16.5. The first-order valence-corrected chi connectivity index (χ1v) is 9.52. The van der Waals surface area contributed by atoms with Gasteiger partial charge >= 0.3 is 0 Å². The quantitative estimate of drug-likeness (QED) is 0.444. The third-order valence-electron chi connectivity index (χ3n) is 4.61. The fraction of sp³-hybridized carbons (Fsp3) is 0.0385. The summed E-state index contributed by atoms with van der Waals surface area (Å²) in [6.45, 7) is -0.0513. The molecule has 142 valence electrons. The number of rotatable bonds is 6. The van der Waals surface area contributed by atoms with Gasteiger partial charge in [-0.2, -0.15) is 0 Å². The Hall–Kier alpha value is -3.85. The molecule has 3 nitrogen and oxygen atoms in total. The molecule has 0 spiro atoms. The minimum Gasteiger partial charge on any atom is -0.483 e. The van der Waals surface area contributed by atoms with Gasteiger partial charge in [0, 0.05) is 11.3 Å². The average Bonchev–Trinajstić information content (AvgIpc) is 2.80. The highest BCUT2D eigenvalue weighted by molar-refractivity contribution is 5.92. The zero-order valence-corrected chi connectivity index (χ0v) is 15.9. The normalized spacial score (nSPS) is 10.3. The van der Waals surface area contributed by atoms with E-state index in [0.29, 0.717) is 5.75 Å². The van der Waals surface area contributed by atoms with E-state index >= 15 is 0 Å². The Morgan fingerprint density at radius 3 is 1.86 bits per heavy atom. The fourth-order valence-corrected chi connectivity index (χ4v) is 3.17. The van der Waals surface area contributed by atoms with Crippen LogP contribution in [0.1, 0.15) is 0 Å². The number of amides is 1. The second-order valence-corrected chi connectivity index (χ2v) is 6.64. The molecule has 0 saturated heterocycles. The van der Waals surface area contributed by atoms with Crippen molar-refractivity contribution in [2.45, 2.75) is 0 Å². The molecule has 0 radical (unpaired) electrons. The van der Waals surface area contributed by atoms with Crippen molar-refractivity contribution in [2.24, 2.45) is 0 Å². The van der Waals surface area contributed by atoms with Crippen molar-refractivity contribution < 1.29 is 9.53 Å². The minimum absolute atomic E-state index is 0.0513. The highest BCUT2D eigenvalue weighted by Crippen LogP contribution is 2.29. The molecule has 0 bridgehead atoms. The predicted molar refractivity (Wildman–Crippen MR) is 118 cm³/mol. The number of carbonyl (C=O) groups excluding carboxylic acids is 1. The molecule has 0 atom stereocenters. The summed E-state index contributed by atoms with van der Waals surface area (Å²) < 4.78 is 5.81. The van der Waals surface area contributed by atoms with Gasteiger partial charge in [0.05, 0.1) is 0 Å². The lowest BCUT2D eigenvalue weighted by Crippen LogP contribution is -2.20. The number of hydrogen-bond donors (Lipinski definition) is 1. The number of anilines is 1. The highest BCUT2D eigenvalue weighted by Gasteiger charge is 2.09. The third-order valence-corrected chi connectivity index (χ3v) is 4.61. The van der Waals surface area contributed by atoms with Crippen molar-refractivity contribution in [3.63, 3.8) is 0 Å². The molecule has 4 aromatic carbocycles. The van der Waals surface area contributed by atoms with E-state index in [1.165, 1.54) is 0 Å². The van der Waals surface area contributed by atoms with E-state index in [-0.39, 0.29) is 12.5 Å². The molecule has 0 fully saturated rings. The van der Waals surface area contributed by atoms with Crippen LogP contribution in [0, 0.1) is 0 Å². The molecule has 4 aromatic rings. The van der Waals surface area contributed by atoms with Crippen LogP contribution in [0.5, 0.6) is 5.75 Å². The molecule has 0 heterocycles. The topological polar surface area (TPSA) is 38.3 Å². The van der Waals surface area contributed by atoms with E-state index in [9.17, 15) is 4.79 Å². The molecule has 0 saturated carbocycles. The van der Waals surface area contributed by atoms with E-state index in [1.807, 2.05) is 97.1 Å². The van der Waals surface area contributed by atoms with Crippen LogP contribution >= 0.6 is 0 Å². The first kappa shape index (κ1) is 18.5. The van der Waals surface area contributed by atoms with Gasteiger partial charge in [-0.25, -0.2) is 0 Å². The zero-order valence-electron chi connectivity index (χ0n) is 15.9. The van der Waals surface area contributed by atoms with E-state index in [1.54, 1.807) is 0 Å². The Labute approximate surface area is 170 Å². The molecule has 0 aliphatic heterocycles. The van der Waals surface area contributed by atoms with Crippen LogP contribution < -0.4 is 10.1 Å². The largest absolute Gasteiger partial charge is 0.483 e. The molecule has 4 rings (SSSR count). The molecule has 0 aromatic heterocycles. The van der Waals surface area contributed by atoms with Gasteiger partial charge in [-0.1, -0.05) is 91.0 Å². The SMILES string of the molecule is O=C(COc1ccccc1-c1ccccc1)Nc1ccc(-c2ccccc2)cc1. The van der Waals surface area contributed by atoms with Crippen LogP contribution in [0.4, 0.5) is 5.69 Å². The second kappa shape index (κ2) is 8.89. The van der Waals surface area contributed by atoms with Gasteiger partial charge in [-0.05, 0) is 34.9 Å². The second-order valence-electron chi connectivity index (χ2n) is 6.64. The van der Waals surface area contributed by atoms with Crippen LogP contribution in [0.2, 0.25) is 0 Å². The summed E-state index contributed by atoms with van der Waals surface area (Å²) in [5.74, 6) is 0.494. The van der Waals surface area contributed by atoms with Gasteiger partial charge in [0.2, 0.25) is 0 Å². The molecule has 0 unspecified atom stereocenters. The maximum Gasteiger partial charge on any atom is 0.262 e. The van der Waals surface area contributed by atoms with E-state index < -0.39 is 0 Å². The van der Waals surface area contributed by atoms with Crippen molar-refractivity contribution in [3.8, 4) is 28.0 Å². The third kappa shape index (κ3) is 4.71. The van der Waals surface area contributed by atoms with Crippen LogP contribution in [-0.4, -0.2) is 12.5 Å². The fourth-order valence-electron chi connectivity index (χ4n) is 3.17. The molecular weight excluding hydrogens is 358 g/mol. The first-order chi connectivity index (χ1) is 14.3. The van der Waals surface area contributed by atoms with Crippen LogP contribution in [0.3, 0.4) is 0 Å². The molecule has 3 heteroatoms. The Kier molecular flexibility index (Phi) is 5.68. The maximum absolute atomic E-state index is 12.4. The van der Waals surface area contributed by atoms with E-state index in [4.69, 9.17) is 4.74 Å². The van der Waals surface area contributed by atoms with Gasteiger partial charge in [-0.15, -0.1) is 0 Å². The van der Waals surface area contributed by atoms with Gasteiger partial charge in [0.1, 0.15) is 5.75 Å². The van der Waals surface area contributed by atoms with Gasteiger partial charge < -0.3 is 10.1 Å². The summed E-state index contributed by atoms with van der Waals surface area (Å²) >= 11 is 0. The number of ether oxygens (including phenoxy) is 1. The number of para-hydroxylation sites is 1. The maximum atomic E-state index is 12.4. The summed E-state index contributed by atoms with van der Waals surface area (Å²) in [4.78, 5) is 12.4. The van der Waals surface area contributed by atoms with Crippen molar-refractivity contribution in [3.05, 3.63) is 109 Å². The molecule has 1 N–H and O–H groups in total. The lowest BCUT2D eigenvalue weighted by Gasteiger charge is -2.12. The van der Waals surface area contributed by atoms with Gasteiger partial charge in [0.25, 0.3) is 5.91 Å². The number of carbonyl (C=O) groups is 1. The summed E-state index contributed by atoms with van der Waals surface area (Å²) in [6, 6.07) is 35.7. The average molecular weight is 379 g/mol. The van der Waals surface area contributed by atoms with Crippen LogP contribution in [0.15, 0.2) is 109 Å². The lowest BCUT2D eigenvalue weighted by atomic mass is 10.1. The molecule has 0 aliphatic carbocycles. The smallest absolute Gasteiger partial charge is 0.262 e. The molecular formula is C26H21NO2. The summed E-state index contributed by atoms with van der Waals surface area (Å²) in [5, 5.41) is 2.89. The van der Waals surface area contributed by atoms with Crippen molar-refractivity contribution in [1.29, 1.82) is 0 Å². The van der Waals surface area contributed by atoms with Crippen molar-refractivity contribution in [1.82, 2.24) is 0 Å². The molecule has 1 amide bonds. The van der Waals surface area contributed by atoms with Crippen molar-refractivity contribution in [2.75, 3.05) is 11.9 Å². The van der Waals surface area contributed by atoms with Crippen molar-refractivity contribution >= 4 is 11.6 Å². The standard InChI is InChI=1S/C26H21NO2/c28-26(27-23-17-15-21(16-18-23)20-9-3-1-4-10-20)19-29-25-14-8-7-13-24(25)22-11-5-2-6-12-22/h1-18H,19H2,(H,27,28).